The molecule has 1 N–H and O–H groups in total. The first-order chi connectivity index (χ1) is 12.7. The number of amides is 1. The zero-order valence-corrected chi connectivity index (χ0v) is 15.8. The van der Waals surface area contributed by atoms with Crippen molar-refractivity contribution in [3.8, 4) is 0 Å². The molecule has 1 saturated carbocycles. The zero-order chi connectivity index (χ0) is 19.8. The van der Waals surface area contributed by atoms with Gasteiger partial charge in [-0.05, 0) is 55.2 Å². The van der Waals surface area contributed by atoms with Gasteiger partial charge in [-0.3, -0.25) is 4.79 Å². The summed E-state index contributed by atoms with van der Waals surface area (Å²) in [4.78, 5) is 12.2. The first-order valence-electron chi connectivity index (χ1n) is 8.46. The van der Waals surface area contributed by atoms with E-state index in [1.165, 1.54) is 32.3 Å². The monoisotopic (exact) mass is 394 g/mol. The van der Waals surface area contributed by atoms with Crippen LogP contribution in [0.15, 0.2) is 47.4 Å². The SMILES string of the molecule is CN(C)S(=O)(=O)c1cc(C(=O)NC2(c3ccc(F)cc3)CCC2)ccc1F. The van der Waals surface area contributed by atoms with Crippen LogP contribution in [0.25, 0.3) is 0 Å². The van der Waals surface area contributed by atoms with Crippen LogP contribution in [-0.2, 0) is 15.6 Å². The van der Waals surface area contributed by atoms with Gasteiger partial charge in [-0.15, -0.1) is 0 Å². The molecule has 2 aromatic rings. The standard InChI is InChI=1S/C19H20F2N2O3S/c1-23(2)27(25,26)17-12-13(4-9-16(17)21)18(24)22-19(10-3-11-19)14-5-7-15(20)8-6-14/h4-9,12H,3,10-11H2,1-2H3,(H,22,24). The minimum Gasteiger partial charge on any atom is -0.343 e. The van der Waals surface area contributed by atoms with Crippen molar-refractivity contribution >= 4 is 15.9 Å². The van der Waals surface area contributed by atoms with Crippen LogP contribution in [0.5, 0.6) is 0 Å². The van der Waals surface area contributed by atoms with E-state index in [0.717, 1.165) is 28.4 Å². The number of hydrogen-bond donors (Lipinski definition) is 1. The summed E-state index contributed by atoms with van der Waals surface area (Å²) in [7, 11) is -1.44. The summed E-state index contributed by atoms with van der Waals surface area (Å²) >= 11 is 0. The van der Waals surface area contributed by atoms with E-state index in [1.807, 2.05) is 0 Å². The second kappa shape index (κ2) is 7.01. The summed E-state index contributed by atoms with van der Waals surface area (Å²) < 4.78 is 52.6. The largest absolute Gasteiger partial charge is 0.343 e. The number of sulfonamides is 1. The van der Waals surface area contributed by atoms with Gasteiger partial charge in [0, 0.05) is 19.7 Å². The average molecular weight is 394 g/mol. The van der Waals surface area contributed by atoms with Crippen LogP contribution in [0.3, 0.4) is 0 Å². The predicted molar refractivity (Wildman–Crippen MR) is 96.7 cm³/mol. The summed E-state index contributed by atoms with van der Waals surface area (Å²) in [6.45, 7) is 0. The van der Waals surface area contributed by atoms with Crippen LogP contribution >= 0.6 is 0 Å². The number of halogens is 2. The molecule has 1 aliphatic rings. The summed E-state index contributed by atoms with van der Waals surface area (Å²) in [6, 6.07) is 9.18. The van der Waals surface area contributed by atoms with Crippen LogP contribution in [0.4, 0.5) is 8.78 Å². The van der Waals surface area contributed by atoms with E-state index < -0.39 is 32.2 Å². The third-order valence-electron chi connectivity index (χ3n) is 4.91. The quantitative estimate of drug-likeness (QED) is 0.848. The van der Waals surface area contributed by atoms with E-state index in [0.29, 0.717) is 12.8 Å². The van der Waals surface area contributed by atoms with Crippen molar-refractivity contribution < 1.29 is 22.0 Å². The van der Waals surface area contributed by atoms with E-state index in [2.05, 4.69) is 5.32 Å². The molecule has 144 valence electrons. The number of carbonyl (C=O) groups is 1. The lowest BCUT2D eigenvalue weighted by Crippen LogP contribution is -2.50. The van der Waals surface area contributed by atoms with Crippen molar-refractivity contribution in [1.82, 2.24) is 9.62 Å². The highest BCUT2D eigenvalue weighted by atomic mass is 32.2. The Hall–Kier alpha value is -2.32. The first-order valence-corrected chi connectivity index (χ1v) is 9.90. The average Bonchev–Trinajstić information content (AvgIpc) is 2.59. The zero-order valence-electron chi connectivity index (χ0n) is 15.0. The molecule has 3 rings (SSSR count). The normalized spacial score (nSPS) is 16.0. The number of nitrogens with one attached hydrogen (secondary N) is 1. The summed E-state index contributed by atoms with van der Waals surface area (Å²) in [5, 5.41) is 2.92. The highest BCUT2D eigenvalue weighted by molar-refractivity contribution is 7.89. The number of hydrogen-bond acceptors (Lipinski definition) is 3. The Morgan fingerprint density at radius 2 is 1.70 bits per heavy atom. The minimum atomic E-state index is -4.02. The maximum Gasteiger partial charge on any atom is 0.252 e. The van der Waals surface area contributed by atoms with Gasteiger partial charge in [-0.1, -0.05) is 12.1 Å². The maximum absolute atomic E-state index is 14.0. The van der Waals surface area contributed by atoms with Crippen molar-refractivity contribution in [3.63, 3.8) is 0 Å². The lowest BCUT2D eigenvalue weighted by atomic mass is 9.71. The van der Waals surface area contributed by atoms with Gasteiger partial charge < -0.3 is 5.32 Å². The Labute approximate surface area is 157 Å². The van der Waals surface area contributed by atoms with Crippen molar-refractivity contribution in [2.24, 2.45) is 0 Å². The molecule has 0 aromatic heterocycles. The molecule has 0 atom stereocenters. The van der Waals surface area contributed by atoms with E-state index in [-0.39, 0.29) is 11.4 Å². The third kappa shape index (κ3) is 3.59. The molecule has 0 saturated heterocycles. The van der Waals surface area contributed by atoms with Gasteiger partial charge in [-0.2, -0.15) is 0 Å². The van der Waals surface area contributed by atoms with E-state index >= 15 is 0 Å². The van der Waals surface area contributed by atoms with Gasteiger partial charge in [0.25, 0.3) is 5.91 Å². The Morgan fingerprint density at radius 1 is 1.07 bits per heavy atom. The molecule has 0 aliphatic heterocycles. The fourth-order valence-corrected chi connectivity index (χ4v) is 4.10. The van der Waals surface area contributed by atoms with Gasteiger partial charge in [0.2, 0.25) is 10.0 Å². The molecule has 27 heavy (non-hydrogen) atoms. The molecule has 0 heterocycles. The Kier molecular flexibility index (Phi) is 5.05. The molecule has 0 bridgehead atoms. The van der Waals surface area contributed by atoms with Gasteiger partial charge >= 0.3 is 0 Å². The fraction of sp³-hybridized carbons (Fsp3) is 0.316. The molecule has 0 unspecified atom stereocenters. The van der Waals surface area contributed by atoms with Crippen LogP contribution in [-0.4, -0.2) is 32.7 Å². The summed E-state index contributed by atoms with van der Waals surface area (Å²) in [5.74, 6) is -1.79. The number of benzene rings is 2. The van der Waals surface area contributed by atoms with Crippen LogP contribution < -0.4 is 5.32 Å². The highest BCUT2D eigenvalue weighted by Gasteiger charge is 2.40. The Bertz CT molecular complexity index is 969. The minimum absolute atomic E-state index is 0.0465. The van der Waals surface area contributed by atoms with Crippen LogP contribution in [0.1, 0.15) is 35.2 Å². The molecule has 1 fully saturated rings. The Balaban J connectivity index is 1.91. The molecular weight excluding hydrogens is 374 g/mol. The Morgan fingerprint density at radius 3 is 2.22 bits per heavy atom. The van der Waals surface area contributed by atoms with Crippen molar-refractivity contribution in [2.75, 3.05) is 14.1 Å². The lowest BCUT2D eigenvalue weighted by molar-refractivity contribution is 0.0823. The van der Waals surface area contributed by atoms with Crippen molar-refractivity contribution in [1.29, 1.82) is 0 Å². The summed E-state index contributed by atoms with van der Waals surface area (Å²) in [5.41, 5.74) is 0.205. The second-order valence-corrected chi connectivity index (χ2v) is 8.95. The van der Waals surface area contributed by atoms with Gasteiger partial charge in [0.05, 0.1) is 5.54 Å². The number of carbonyl (C=O) groups excluding carboxylic acids is 1. The maximum atomic E-state index is 14.0. The third-order valence-corrected chi connectivity index (χ3v) is 6.74. The predicted octanol–water partition coefficient (Wildman–Crippen LogP) is 3.02. The second-order valence-electron chi connectivity index (χ2n) is 6.83. The molecular formula is C19H20F2N2O3S. The lowest BCUT2D eigenvalue weighted by Gasteiger charge is -2.43. The van der Waals surface area contributed by atoms with E-state index in [1.54, 1.807) is 12.1 Å². The first kappa shape index (κ1) is 19.4. The molecule has 0 radical (unpaired) electrons. The van der Waals surface area contributed by atoms with E-state index in [9.17, 15) is 22.0 Å². The topological polar surface area (TPSA) is 66.5 Å². The number of rotatable bonds is 5. The van der Waals surface area contributed by atoms with Crippen LogP contribution in [0, 0.1) is 11.6 Å². The molecule has 2 aromatic carbocycles. The number of nitrogens with zero attached hydrogens (tertiary/aromatic N) is 1. The fourth-order valence-electron chi connectivity index (χ4n) is 3.11. The molecule has 5 nitrogen and oxygen atoms in total. The molecule has 1 amide bonds. The smallest absolute Gasteiger partial charge is 0.252 e. The van der Waals surface area contributed by atoms with Gasteiger partial charge in [0.1, 0.15) is 16.5 Å². The van der Waals surface area contributed by atoms with Crippen molar-refractivity contribution in [3.05, 3.63) is 65.2 Å². The molecule has 0 spiro atoms. The van der Waals surface area contributed by atoms with Crippen molar-refractivity contribution in [2.45, 2.75) is 29.7 Å². The van der Waals surface area contributed by atoms with E-state index in [4.69, 9.17) is 0 Å². The molecule has 8 heteroatoms. The summed E-state index contributed by atoms with van der Waals surface area (Å²) in [6.07, 6.45) is 2.28. The van der Waals surface area contributed by atoms with Gasteiger partial charge in [0.15, 0.2) is 0 Å². The van der Waals surface area contributed by atoms with Gasteiger partial charge in [-0.25, -0.2) is 21.5 Å². The highest BCUT2D eigenvalue weighted by Crippen LogP contribution is 2.41. The molecule has 1 aliphatic carbocycles. The van der Waals surface area contributed by atoms with Crippen LogP contribution in [0.2, 0.25) is 0 Å².